The number of rotatable bonds is 5. The number of amides is 2. The fourth-order valence-electron chi connectivity index (χ4n) is 2.64. The summed E-state index contributed by atoms with van der Waals surface area (Å²) >= 11 is 5.14. The number of hydrogen-bond acceptors (Lipinski definition) is 4. The third-order valence-electron chi connectivity index (χ3n) is 4.31. The van der Waals surface area contributed by atoms with Crippen molar-refractivity contribution in [2.24, 2.45) is 0 Å². The molecule has 1 aliphatic rings. The molecule has 1 fully saturated rings. The van der Waals surface area contributed by atoms with Crippen molar-refractivity contribution in [1.82, 2.24) is 5.32 Å². The van der Waals surface area contributed by atoms with Gasteiger partial charge in [-0.2, -0.15) is 0 Å². The third-order valence-corrected chi connectivity index (χ3v) is 4.59. The fraction of sp³-hybridized carbons (Fsp3) is 0.190. The molecule has 1 aliphatic heterocycles. The van der Waals surface area contributed by atoms with Crippen LogP contribution in [0.2, 0.25) is 0 Å². The monoisotopic (exact) mass is 398 g/mol. The number of ether oxygens (including phenoxy) is 1. The number of nitrogens with one attached hydrogen (secondary N) is 1. The van der Waals surface area contributed by atoms with Crippen LogP contribution in [0.1, 0.15) is 25.8 Å². The summed E-state index contributed by atoms with van der Waals surface area (Å²) in [5.41, 5.74) is 0.887. The minimum Gasteiger partial charge on any atom is -0.490 e. The number of carbonyl (C=O) groups excluding carboxylic acids is 2. The lowest BCUT2D eigenvalue weighted by Gasteiger charge is -2.29. The van der Waals surface area contributed by atoms with Crippen LogP contribution in [0.25, 0.3) is 6.08 Å². The fourth-order valence-corrected chi connectivity index (χ4v) is 2.93. The topological polar surface area (TPSA) is 58.6 Å². The van der Waals surface area contributed by atoms with Crippen LogP contribution in [-0.2, 0) is 9.59 Å². The van der Waals surface area contributed by atoms with Gasteiger partial charge >= 0.3 is 0 Å². The number of anilines is 1. The minimum absolute atomic E-state index is 0.0151. The molecule has 1 saturated heterocycles. The van der Waals surface area contributed by atoms with E-state index in [0.29, 0.717) is 17.0 Å². The molecule has 28 heavy (non-hydrogen) atoms. The molecule has 1 heterocycles. The summed E-state index contributed by atoms with van der Waals surface area (Å²) in [6.07, 6.45) is 2.28. The number of halogens is 1. The summed E-state index contributed by atoms with van der Waals surface area (Å²) < 4.78 is 19.1. The predicted octanol–water partition coefficient (Wildman–Crippen LogP) is 3.83. The normalized spacial score (nSPS) is 16.9. The average molecular weight is 398 g/mol. The van der Waals surface area contributed by atoms with Gasteiger partial charge in [-0.1, -0.05) is 25.1 Å². The first kappa shape index (κ1) is 19.7. The highest BCUT2D eigenvalue weighted by atomic mass is 32.1. The van der Waals surface area contributed by atoms with Crippen LogP contribution in [0.5, 0.6) is 5.75 Å². The summed E-state index contributed by atoms with van der Waals surface area (Å²) in [7, 11) is 0. The van der Waals surface area contributed by atoms with Gasteiger partial charge in [0.25, 0.3) is 11.8 Å². The molecule has 0 spiro atoms. The zero-order chi connectivity index (χ0) is 20.3. The van der Waals surface area contributed by atoms with Gasteiger partial charge in [0.15, 0.2) is 5.11 Å². The van der Waals surface area contributed by atoms with E-state index in [1.165, 1.54) is 35.2 Å². The van der Waals surface area contributed by atoms with Crippen molar-refractivity contribution in [2.75, 3.05) is 4.90 Å². The lowest BCUT2D eigenvalue weighted by atomic mass is 10.1. The van der Waals surface area contributed by atoms with Crippen LogP contribution < -0.4 is 15.0 Å². The second-order valence-corrected chi connectivity index (χ2v) is 6.70. The van der Waals surface area contributed by atoms with E-state index < -0.39 is 17.6 Å². The molecule has 144 valence electrons. The first-order valence-corrected chi connectivity index (χ1v) is 9.24. The van der Waals surface area contributed by atoms with E-state index in [-0.39, 0.29) is 16.8 Å². The molecule has 1 N–H and O–H groups in total. The molecule has 3 rings (SSSR count). The predicted molar refractivity (Wildman–Crippen MR) is 109 cm³/mol. The van der Waals surface area contributed by atoms with Crippen molar-refractivity contribution < 1.29 is 18.7 Å². The van der Waals surface area contributed by atoms with Crippen LogP contribution in [-0.4, -0.2) is 23.0 Å². The van der Waals surface area contributed by atoms with E-state index in [0.717, 1.165) is 6.42 Å². The summed E-state index contributed by atoms with van der Waals surface area (Å²) in [6.45, 7) is 3.95. The molecule has 0 aliphatic carbocycles. The van der Waals surface area contributed by atoms with Gasteiger partial charge in [0, 0.05) is 5.56 Å². The van der Waals surface area contributed by atoms with Crippen molar-refractivity contribution in [2.45, 2.75) is 26.4 Å². The molecule has 0 unspecified atom stereocenters. The van der Waals surface area contributed by atoms with Gasteiger partial charge in [-0.3, -0.25) is 19.8 Å². The Morgan fingerprint density at radius 1 is 1.18 bits per heavy atom. The molecule has 5 nitrogen and oxygen atoms in total. The molecule has 0 bridgehead atoms. The van der Waals surface area contributed by atoms with E-state index >= 15 is 0 Å². The zero-order valence-corrected chi connectivity index (χ0v) is 16.3. The first-order chi connectivity index (χ1) is 13.4. The summed E-state index contributed by atoms with van der Waals surface area (Å²) in [5, 5.41) is 2.46. The Morgan fingerprint density at radius 3 is 2.54 bits per heavy atom. The Labute approximate surface area is 167 Å². The van der Waals surface area contributed by atoms with Gasteiger partial charge < -0.3 is 4.74 Å². The number of nitrogens with zero attached hydrogens (tertiary/aromatic N) is 1. The molecule has 2 aromatic carbocycles. The van der Waals surface area contributed by atoms with Crippen LogP contribution in [0, 0.1) is 5.82 Å². The Hall–Kier alpha value is -3.06. The zero-order valence-electron chi connectivity index (χ0n) is 15.4. The van der Waals surface area contributed by atoms with Gasteiger partial charge in [-0.25, -0.2) is 4.39 Å². The van der Waals surface area contributed by atoms with Crippen molar-refractivity contribution in [3.8, 4) is 5.75 Å². The summed E-state index contributed by atoms with van der Waals surface area (Å²) in [6, 6.07) is 12.5. The van der Waals surface area contributed by atoms with Crippen LogP contribution in [0.3, 0.4) is 0 Å². The van der Waals surface area contributed by atoms with Crippen LogP contribution >= 0.6 is 12.2 Å². The SMILES string of the molecule is CC[C@@H](C)Oc1ccccc1/C=C1/C(=O)NC(=S)N(c2ccc(F)cc2)C1=O. The van der Waals surface area contributed by atoms with E-state index in [1.54, 1.807) is 18.2 Å². The quantitative estimate of drug-likeness (QED) is 0.472. The first-order valence-electron chi connectivity index (χ1n) is 8.83. The van der Waals surface area contributed by atoms with Gasteiger partial charge in [-0.15, -0.1) is 0 Å². The van der Waals surface area contributed by atoms with Crippen molar-refractivity contribution in [1.29, 1.82) is 0 Å². The van der Waals surface area contributed by atoms with Gasteiger partial charge in [-0.05, 0) is 62.0 Å². The average Bonchev–Trinajstić information content (AvgIpc) is 2.67. The molecular weight excluding hydrogens is 379 g/mol. The van der Waals surface area contributed by atoms with Crippen molar-refractivity contribution in [3.05, 3.63) is 65.5 Å². The molecular formula is C21H19FN2O3S. The van der Waals surface area contributed by atoms with Crippen LogP contribution in [0.4, 0.5) is 10.1 Å². The molecule has 2 aromatic rings. The number of benzene rings is 2. The Bertz CT molecular complexity index is 956. The number of thiocarbonyl (C=S) groups is 1. The number of hydrogen-bond donors (Lipinski definition) is 1. The highest BCUT2D eigenvalue weighted by molar-refractivity contribution is 7.80. The highest BCUT2D eigenvalue weighted by Crippen LogP contribution is 2.26. The lowest BCUT2D eigenvalue weighted by molar-refractivity contribution is -0.122. The largest absolute Gasteiger partial charge is 0.490 e. The van der Waals surface area contributed by atoms with Crippen LogP contribution in [0.15, 0.2) is 54.1 Å². The Morgan fingerprint density at radius 2 is 1.86 bits per heavy atom. The number of carbonyl (C=O) groups is 2. The summed E-state index contributed by atoms with van der Waals surface area (Å²) in [5.74, 6) is -1.04. The smallest absolute Gasteiger partial charge is 0.270 e. The van der Waals surface area contributed by atoms with Gasteiger partial charge in [0.05, 0.1) is 11.8 Å². The van der Waals surface area contributed by atoms with E-state index in [1.807, 2.05) is 19.9 Å². The second-order valence-electron chi connectivity index (χ2n) is 6.31. The van der Waals surface area contributed by atoms with Gasteiger partial charge in [0.1, 0.15) is 17.1 Å². The molecule has 0 aromatic heterocycles. The molecule has 1 atom stereocenters. The molecule has 0 radical (unpaired) electrons. The maximum atomic E-state index is 13.2. The van der Waals surface area contributed by atoms with E-state index in [2.05, 4.69) is 5.32 Å². The lowest BCUT2D eigenvalue weighted by Crippen LogP contribution is -2.54. The van der Waals surface area contributed by atoms with E-state index in [9.17, 15) is 14.0 Å². The minimum atomic E-state index is -0.591. The maximum absolute atomic E-state index is 13.2. The summed E-state index contributed by atoms with van der Waals surface area (Å²) in [4.78, 5) is 26.6. The molecule has 0 saturated carbocycles. The second kappa shape index (κ2) is 8.31. The van der Waals surface area contributed by atoms with Crippen molar-refractivity contribution in [3.63, 3.8) is 0 Å². The molecule has 2 amide bonds. The Kier molecular flexibility index (Phi) is 5.84. The molecule has 7 heteroatoms. The number of para-hydroxylation sites is 1. The van der Waals surface area contributed by atoms with Gasteiger partial charge in [0.2, 0.25) is 0 Å². The Balaban J connectivity index is 1.99. The highest BCUT2D eigenvalue weighted by Gasteiger charge is 2.34. The van der Waals surface area contributed by atoms with E-state index in [4.69, 9.17) is 17.0 Å². The third kappa shape index (κ3) is 4.09. The maximum Gasteiger partial charge on any atom is 0.270 e. The standard InChI is InChI=1S/C21H19FN2O3S/c1-3-13(2)27-18-7-5-4-6-14(18)12-17-19(25)23-21(28)24(20(17)26)16-10-8-15(22)9-11-16/h4-13H,3H2,1-2H3,(H,23,25,28)/b17-12-/t13-/m1/s1. The van der Waals surface area contributed by atoms with Crippen molar-refractivity contribution >= 4 is 40.9 Å².